The summed E-state index contributed by atoms with van der Waals surface area (Å²) in [5, 5.41) is 5.76. The molecule has 2 aromatic carbocycles. The Kier molecular flexibility index (Phi) is 4.65. The minimum absolute atomic E-state index is 0.0902. The van der Waals surface area contributed by atoms with Gasteiger partial charge in [-0.1, -0.05) is 30.3 Å². The molecule has 2 amide bonds. The summed E-state index contributed by atoms with van der Waals surface area (Å²) < 4.78 is 0. The summed E-state index contributed by atoms with van der Waals surface area (Å²) in [5.41, 5.74) is 3.92. The minimum atomic E-state index is -0.186. The highest BCUT2D eigenvalue weighted by Crippen LogP contribution is 2.26. The molecule has 1 aliphatic rings. The van der Waals surface area contributed by atoms with Crippen LogP contribution in [-0.4, -0.2) is 24.6 Å². The maximum absolute atomic E-state index is 12.8. The summed E-state index contributed by atoms with van der Waals surface area (Å²) in [6.45, 7) is 3.90. The number of rotatable bonds is 3. The van der Waals surface area contributed by atoms with Crippen LogP contribution in [0.5, 0.6) is 0 Å². The highest BCUT2D eigenvalue weighted by atomic mass is 16.2. The Hall–Kier alpha value is -2.95. The zero-order valence-corrected chi connectivity index (χ0v) is 14.7. The summed E-state index contributed by atoms with van der Waals surface area (Å²) in [7, 11) is 1.72. The van der Waals surface area contributed by atoms with Crippen molar-refractivity contribution in [2.24, 2.45) is 5.10 Å². The van der Waals surface area contributed by atoms with Crippen LogP contribution in [0.4, 0.5) is 11.4 Å². The van der Waals surface area contributed by atoms with E-state index >= 15 is 0 Å². The van der Waals surface area contributed by atoms with E-state index < -0.39 is 0 Å². The summed E-state index contributed by atoms with van der Waals surface area (Å²) in [6.07, 6.45) is 0.636. The number of nitrogens with zero attached hydrogens (tertiary/aromatic N) is 3. The second-order valence-electron chi connectivity index (χ2n) is 6.24. The molecule has 1 heterocycles. The lowest BCUT2D eigenvalue weighted by Crippen LogP contribution is -2.40. The van der Waals surface area contributed by atoms with Gasteiger partial charge in [-0.05, 0) is 43.2 Å². The molecule has 2 aromatic rings. The molecule has 0 saturated carbocycles. The maximum Gasteiger partial charge on any atom is 0.274 e. The fraction of sp³-hybridized carbons (Fsp3) is 0.250. The second kappa shape index (κ2) is 6.89. The highest BCUT2D eigenvalue weighted by Gasteiger charge is 2.28. The van der Waals surface area contributed by atoms with Crippen molar-refractivity contribution in [3.05, 3.63) is 59.7 Å². The lowest BCUT2D eigenvalue weighted by atomic mass is 10.1. The smallest absolute Gasteiger partial charge is 0.274 e. The van der Waals surface area contributed by atoms with Gasteiger partial charge in [-0.3, -0.25) is 9.59 Å². The molecule has 1 aliphatic heterocycles. The quantitative estimate of drug-likeness (QED) is 0.863. The van der Waals surface area contributed by atoms with E-state index in [0.717, 1.165) is 22.5 Å². The fourth-order valence-corrected chi connectivity index (χ4v) is 2.81. The van der Waals surface area contributed by atoms with Crippen molar-refractivity contribution in [3.8, 4) is 0 Å². The molecule has 128 valence electrons. The third-order valence-corrected chi connectivity index (χ3v) is 4.32. The van der Waals surface area contributed by atoms with Gasteiger partial charge >= 0.3 is 0 Å². The summed E-state index contributed by atoms with van der Waals surface area (Å²) in [4.78, 5) is 26.7. The van der Waals surface area contributed by atoms with Crippen LogP contribution in [0.1, 0.15) is 24.0 Å². The Bertz CT molecular complexity index is 843. The SMILES string of the molecule is Cc1ccc(C)c(N2N=C(C(=O)N(C)c3ccccc3)CCC2=O)c1. The average Bonchev–Trinajstić information content (AvgIpc) is 2.64. The van der Waals surface area contributed by atoms with E-state index in [2.05, 4.69) is 5.10 Å². The third kappa shape index (κ3) is 3.45. The van der Waals surface area contributed by atoms with Crippen LogP contribution in [0.3, 0.4) is 0 Å². The molecule has 0 aliphatic carbocycles. The monoisotopic (exact) mass is 335 g/mol. The number of para-hydroxylation sites is 1. The first kappa shape index (κ1) is 16.9. The second-order valence-corrected chi connectivity index (χ2v) is 6.24. The molecule has 5 heteroatoms. The number of hydrazone groups is 1. The lowest BCUT2D eigenvalue weighted by Gasteiger charge is -2.26. The van der Waals surface area contributed by atoms with Crippen molar-refractivity contribution in [2.75, 3.05) is 17.0 Å². The molecule has 0 N–H and O–H groups in total. The van der Waals surface area contributed by atoms with Crippen molar-refractivity contribution in [1.29, 1.82) is 0 Å². The first-order chi connectivity index (χ1) is 12.0. The van der Waals surface area contributed by atoms with Crippen LogP contribution in [0.25, 0.3) is 0 Å². The number of aryl methyl sites for hydroxylation is 2. The summed E-state index contributed by atoms with van der Waals surface area (Å²) in [5.74, 6) is -0.276. The average molecular weight is 335 g/mol. The van der Waals surface area contributed by atoms with Gasteiger partial charge in [-0.25, -0.2) is 5.01 Å². The van der Waals surface area contributed by atoms with Crippen LogP contribution in [-0.2, 0) is 9.59 Å². The van der Waals surface area contributed by atoms with E-state index in [1.54, 1.807) is 11.9 Å². The van der Waals surface area contributed by atoms with Gasteiger partial charge in [-0.2, -0.15) is 5.10 Å². The van der Waals surface area contributed by atoms with E-state index in [-0.39, 0.29) is 18.2 Å². The molecule has 3 rings (SSSR count). The Morgan fingerprint density at radius 3 is 2.52 bits per heavy atom. The van der Waals surface area contributed by atoms with E-state index in [9.17, 15) is 9.59 Å². The summed E-state index contributed by atoms with van der Waals surface area (Å²) in [6, 6.07) is 15.3. The van der Waals surface area contributed by atoms with Gasteiger partial charge in [0.05, 0.1) is 5.69 Å². The molecule has 5 nitrogen and oxygen atoms in total. The van der Waals surface area contributed by atoms with Gasteiger partial charge in [0.15, 0.2) is 0 Å². The number of carbonyl (C=O) groups is 2. The molecular weight excluding hydrogens is 314 g/mol. The lowest BCUT2D eigenvalue weighted by molar-refractivity contribution is -0.118. The van der Waals surface area contributed by atoms with Gasteiger partial charge in [0.25, 0.3) is 5.91 Å². The normalized spacial score (nSPS) is 14.3. The maximum atomic E-state index is 12.8. The molecule has 25 heavy (non-hydrogen) atoms. The molecule has 0 radical (unpaired) electrons. The van der Waals surface area contributed by atoms with Crippen LogP contribution in [0.15, 0.2) is 53.6 Å². The first-order valence-electron chi connectivity index (χ1n) is 8.28. The van der Waals surface area contributed by atoms with Crippen molar-refractivity contribution in [1.82, 2.24) is 0 Å². The topological polar surface area (TPSA) is 53.0 Å². The van der Waals surface area contributed by atoms with Crippen molar-refractivity contribution in [2.45, 2.75) is 26.7 Å². The Morgan fingerprint density at radius 2 is 1.80 bits per heavy atom. The molecule has 0 saturated heterocycles. The van der Waals surface area contributed by atoms with Crippen LogP contribution in [0, 0.1) is 13.8 Å². The minimum Gasteiger partial charge on any atom is -0.310 e. The van der Waals surface area contributed by atoms with Gasteiger partial charge < -0.3 is 4.90 Å². The number of hydrogen-bond donors (Lipinski definition) is 0. The fourth-order valence-electron chi connectivity index (χ4n) is 2.81. The zero-order valence-electron chi connectivity index (χ0n) is 14.7. The predicted octanol–water partition coefficient (Wildman–Crippen LogP) is 3.45. The van der Waals surface area contributed by atoms with Crippen molar-refractivity contribution < 1.29 is 9.59 Å². The predicted molar refractivity (Wildman–Crippen MR) is 99.9 cm³/mol. The molecule has 0 aromatic heterocycles. The molecule has 0 spiro atoms. The van der Waals surface area contributed by atoms with Crippen LogP contribution < -0.4 is 9.91 Å². The van der Waals surface area contributed by atoms with Crippen molar-refractivity contribution >= 4 is 28.9 Å². The van der Waals surface area contributed by atoms with Crippen LogP contribution >= 0.6 is 0 Å². The summed E-state index contributed by atoms with van der Waals surface area (Å²) >= 11 is 0. The van der Waals surface area contributed by atoms with E-state index in [4.69, 9.17) is 0 Å². The van der Waals surface area contributed by atoms with Crippen molar-refractivity contribution in [3.63, 3.8) is 0 Å². The van der Waals surface area contributed by atoms with E-state index in [1.165, 1.54) is 5.01 Å². The third-order valence-electron chi connectivity index (χ3n) is 4.32. The largest absolute Gasteiger partial charge is 0.310 e. The molecule has 0 fully saturated rings. The Balaban J connectivity index is 1.93. The molecule has 0 atom stereocenters. The van der Waals surface area contributed by atoms with Gasteiger partial charge in [0.2, 0.25) is 5.91 Å². The van der Waals surface area contributed by atoms with E-state index in [1.807, 2.05) is 62.4 Å². The first-order valence-corrected chi connectivity index (χ1v) is 8.28. The van der Waals surface area contributed by atoms with Crippen LogP contribution in [0.2, 0.25) is 0 Å². The van der Waals surface area contributed by atoms with E-state index in [0.29, 0.717) is 12.1 Å². The number of amides is 2. The van der Waals surface area contributed by atoms with Gasteiger partial charge in [0, 0.05) is 25.6 Å². The zero-order chi connectivity index (χ0) is 18.0. The Labute approximate surface area is 147 Å². The number of hydrogen-bond acceptors (Lipinski definition) is 3. The number of carbonyl (C=O) groups excluding carboxylic acids is 2. The Morgan fingerprint density at radius 1 is 1.08 bits per heavy atom. The molecule has 0 unspecified atom stereocenters. The molecular formula is C20H21N3O2. The molecule has 0 bridgehead atoms. The number of anilines is 2. The number of benzene rings is 2. The highest BCUT2D eigenvalue weighted by molar-refractivity contribution is 6.44. The van der Waals surface area contributed by atoms with Gasteiger partial charge in [-0.15, -0.1) is 0 Å². The standard InChI is InChI=1S/C20H21N3O2/c1-14-9-10-15(2)18(13-14)23-19(24)12-11-17(21-23)20(25)22(3)16-7-5-4-6-8-16/h4-10,13H,11-12H2,1-3H3. The van der Waals surface area contributed by atoms with Gasteiger partial charge in [0.1, 0.15) is 5.71 Å².